The molecular formula is C22H26F3N3O2S. The van der Waals surface area contributed by atoms with Crippen molar-refractivity contribution < 1.29 is 22.1 Å². The van der Waals surface area contributed by atoms with Gasteiger partial charge in [-0.05, 0) is 30.7 Å². The molecule has 2 heterocycles. The zero-order valence-electron chi connectivity index (χ0n) is 17.4. The van der Waals surface area contributed by atoms with Crippen molar-refractivity contribution in [1.29, 1.82) is 0 Å². The fourth-order valence-electron chi connectivity index (χ4n) is 3.17. The Labute approximate surface area is 181 Å². The number of imidazole rings is 1. The lowest BCUT2D eigenvalue weighted by Gasteiger charge is -2.07. The van der Waals surface area contributed by atoms with Gasteiger partial charge in [0.2, 0.25) is 0 Å². The Morgan fingerprint density at radius 3 is 2.61 bits per heavy atom. The number of H-pyrrole nitrogens is 1. The molecule has 0 aliphatic rings. The number of fused-ring (bicyclic) bond motifs is 1. The van der Waals surface area contributed by atoms with Gasteiger partial charge < -0.3 is 9.72 Å². The molecule has 0 saturated carbocycles. The molecule has 31 heavy (non-hydrogen) atoms. The van der Waals surface area contributed by atoms with Gasteiger partial charge >= 0.3 is 6.18 Å². The maximum atomic E-state index is 12.9. The van der Waals surface area contributed by atoms with Crippen LogP contribution >= 0.6 is 0 Å². The quantitative estimate of drug-likeness (QED) is 0.360. The molecule has 0 amide bonds. The van der Waals surface area contributed by atoms with Crippen molar-refractivity contribution in [2.75, 3.05) is 6.61 Å². The summed E-state index contributed by atoms with van der Waals surface area (Å²) in [7, 11) is -1.58. The number of benzene rings is 1. The number of ether oxygens (including phenoxy) is 1. The van der Waals surface area contributed by atoms with Crippen LogP contribution in [0.4, 0.5) is 13.2 Å². The van der Waals surface area contributed by atoms with E-state index in [-0.39, 0.29) is 16.4 Å². The molecule has 1 atom stereocenters. The van der Waals surface area contributed by atoms with Crippen LogP contribution in [0.25, 0.3) is 11.0 Å². The van der Waals surface area contributed by atoms with Gasteiger partial charge in [0.25, 0.3) is 0 Å². The van der Waals surface area contributed by atoms with Crippen molar-refractivity contribution in [3.63, 3.8) is 0 Å². The number of nitrogens with one attached hydrogen (secondary N) is 1. The van der Waals surface area contributed by atoms with Crippen molar-refractivity contribution in [3.8, 4) is 5.75 Å². The van der Waals surface area contributed by atoms with Crippen molar-refractivity contribution in [2.24, 2.45) is 0 Å². The van der Waals surface area contributed by atoms with E-state index in [9.17, 15) is 17.4 Å². The standard InChI is InChI=1S/C22H26F3N3O2S/c1-2-3-4-5-6-7-12-30-18-10-11-26-17(14-18)15-31(29)21-27-19-9-8-16(22(23,24)25)13-20(19)28-21/h8-11,13-14H,2-7,12,15H2,1H3,(H,27,28). The van der Waals surface area contributed by atoms with Crippen molar-refractivity contribution in [1.82, 2.24) is 15.0 Å². The first-order valence-corrected chi connectivity index (χ1v) is 11.7. The van der Waals surface area contributed by atoms with Crippen LogP contribution in [-0.4, -0.2) is 25.8 Å². The molecule has 0 radical (unpaired) electrons. The lowest BCUT2D eigenvalue weighted by Crippen LogP contribution is -2.04. The van der Waals surface area contributed by atoms with Crippen molar-refractivity contribution >= 4 is 21.8 Å². The van der Waals surface area contributed by atoms with E-state index < -0.39 is 22.5 Å². The predicted octanol–water partition coefficient (Wildman–Crippen LogP) is 6.02. The summed E-state index contributed by atoms with van der Waals surface area (Å²) < 4.78 is 57.1. The van der Waals surface area contributed by atoms with Gasteiger partial charge in [0, 0.05) is 12.3 Å². The summed E-state index contributed by atoms with van der Waals surface area (Å²) in [6, 6.07) is 6.69. The largest absolute Gasteiger partial charge is 0.493 e. The molecule has 3 rings (SSSR count). The molecule has 1 unspecified atom stereocenters. The number of halogens is 3. The third-order valence-electron chi connectivity index (χ3n) is 4.84. The number of aromatic nitrogens is 3. The Balaban J connectivity index is 1.57. The Bertz CT molecular complexity index is 1020. The lowest BCUT2D eigenvalue weighted by atomic mass is 10.1. The van der Waals surface area contributed by atoms with Crippen molar-refractivity contribution in [3.05, 3.63) is 47.8 Å². The summed E-state index contributed by atoms with van der Waals surface area (Å²) >= 11 is 0. The Hall–Kier alpha value is -2.42. The van der Waals surface area contributed by atoms with E-state index in [1.54, 1.807) is 18.3 Å². The van der Waals surface area contributed by atoms with E-state index in [0.717, 1.165) is 25.0 Å². The second kappa shape index (κ2) is 10.7. The molecule has 3 aromatic rings. The van der Waals surface area contributed by atoms with Gasteiger partial charge in [-0.2, -0.15) is 13.2 Å². The highest BCUT2D eigenvalue weighted by molar-refractivity contribution is 7.84. The molecule has 0 aliphatic carbocycles. The Kier molecular flexibility index (Phi) is 8.06. The van der Waals surface area contributed by atoms with E-state index >= 15 is 0 Å². The lowest BCUT2D eigenvalue weighted by molar-refractivity contribution is -0.137. The number of hydrogen-bond donors (Lipinski definition) is 1. The fourth-order valence-corrected chi connectivity index (χ4v) is 4.16. The summed E-state index contributed by atoms with van der Waals surface area (Å²) in [5, 5.41) is 0.120. The molecule has 0 aliphatic heterocycles. The summed E-state index contributed by atoms with van der Waals surface area (Å²) in [6.45, 7) is 2.80. The average Bonchev–Trinajstić information content (AvgIpc) is 3.16. The molecule has 0 saturated heterocycles. The molecule has 2 aromatic heterocycles. The molecule has 0 bridgehead atoms. The molecule has 168 valence electrons. The van der Waals surface area contributed by atoms with Gasteiger partial charge in [0.1, 0.15) is 5.75 Å². The minimum atomic E-state index is -4.45. The summed E-state index contributed by atoms with van der Waals surface area (Å²) in [5.74, 6) is 0.746. The van der Waals surface area contributed by atoms with E-state index in [2.05, 4.69) is 21.9 Å². The monoisotopic (exact) mass is 453 g/mol. The molecule has 0 fully saturated rings. The second-order valence-electron chi connectivity index (χ2n) is 7.36. The predicted molar refractivity (Wildman–Crippen MR) is 114 cm³/mol. The number of unbranched alkanes of at least 4 members (excludes halogenated alkanes) is 5. The number of alkyl halides is 3. The van der Waals surface area contributed by atoms with Crippen LogP contribution in [0.3, 0.4) is 0 Å². The van der Waals surface area contributed by atoms with Gasteiger partial charge in [0.05, 0.1) is 45.5 Å². The number of nitrogens with zero attached hydrogens (tertiary/aromatic N) is 2. The van der Waals surface area contributed by atoms with Gasteiger partial charge in [0.15, 0.2) is 5.16 Å². The van der Waals surface area contributed by atoms with Crippen LogP contribution in [0.15, 0.2) is 41.7 Å². The number of pyridine rings is 1. The summed E-state index contributed by atoms with van der Waals surface area (Å²) in [5.41, 5.74) is 0.315. The molecular weight excluding hydrogens is 427 g/mol. The maximum absolute atomic E-state index is 12.9. The van der Waals surface area contributed by atoms with Crippen molar-refractivity contribution in [2.45, 2.75) is 62.5 Å². The van der Waals surface area contributed by atoms with E-state index in [1.807, 2.05) is 0 Å². The molecule has 9 heteroatoms. The fraction of sp³-hybridized carbons (Fsp3) is 0.455. The Morgan fingerprint density at radius 1 is 1.06 bits per heavy atom. The first-order chi connectivity index (χ1) is 14.9. The second-order valence-corrected chi connectivity index (χ2v) is 8.73. The van der Waals surface area contributed by atoms with Gasteiger partial charge in [-0.1, -0.05) is 39.0 Å². The smallest absolute Gasteiger partial charge is 0.416 e. The average molecular weight is 454 g/mol. The highest BCUT2D eigenvalue weighted by atomic mass is 32.2. The van der Waals surface area contributed by atoms with Crippen LogP contribution in [0.2, 0.25) is 0 Å². The molecule has 1 aromatic carbocycles. The minimum Gasteiger partial charge on any atom is -0.493 e. The normalized spacial score (nSPS) is 12.9. The van der Waals surface area contributed by atoms with Crippen LogP contribution in [0.5, 0.6) is 5.75 Å². The summed E-state index contributed by atoms with van der Waals surface area (Å²) in [6.07, 6.45) is 4.20. The zero-order valence-corrected chi connectivity index (χ0v) is 18.2. The molecule has 5 nitrogen and oxygen atoms in total. The molecule has 0 spiro atoms. The van der Waals surface area contributed by atoms with E-state index in [0.29, 0.717) is 23.6 Å². The number of rotatable bonds is 11. The first-order valence-electron chi connectivity index (χ1n) is 10.4. The van der Waals surface area contributed by atoms with Crippen LogP contribution < -0.4 is 4.74 Å². The maximum Gasteiger partial charge on any atom is 0.416 e. The Morgan fingerprint density at radius 2 is 1.84 bits per heavy atom. The SMILES string of the molecule is CCCCCCCCOc1ccnc(CS(=O)c2nc3ccc(C(F)(F)F)cc3[nH]2)c1. The van der Waals surface area contributed by atoms with Gasteiger partial charge in [-0.25, -0.2) is 4.98 Å². The van der Waals surface area contributed by atoms with Crippen LogP contribution in [-0.2, 0) is 22.7 Å². The van der Waals surface area contributed by atoms with Crippen LogP contribution in [0, 0.1) is 0 Å². The third-order valence-corrected chi connectivity index (χ3v) is 6.02. The van der Waals surface area contributed by atoms with Gasteiger partial charge in [-0.3, -0.25) is 9.19 Å². The van der Waals surface area contributed by atoms with Gasteiger partial charge in [-0.15, -0.1) is 0 Å². The van der Waals surface area contributed by atoms with E-state index in [4.69, 9.17) is 4.74 Å². The third kappa shape index (κ3) is 6.78. The minimum absolute atomic E-state index is 0.0835. The highest BCUT2D eigenvalue weighted by Crippen LogP contribution is 2.31. The number of aromatic amines is 1. The van der Waals surface area contributed by atoms with Crippen LogP contribution in [0.1, 0.15) is 56.7 Å². The number of hydrogen-bond acceptors (Lipinski definition) is 4. The topological polar surface area (TPSA) is 67.9 Å². The summed E-state index contributed by atoms with van der Waals surface area (Å²) in [4.78, 5) is 11.1. The highest BCUT2D eigenvalue weighted by Gasteiger charge is 2.30. The molecule has 1 N–H and O–H groups in total. The zero-order chi connectivity index (χ0) is 22.3. The van der Waals surface area contributed by atoms with E-state index in [1.165, 1.54) is 31.7 Å². The first kappa shape index (κ1) is 23.2.